The van der Waals surface area contributed by atoms with Gasteiger partial charge in [0.25, 0.3) is 0 Å². The van der Waals surface area contributed by atoms with E-state index in [-0.39, 0.29) is 5.78 Å². The van der Waals surface area contributed by atoms with Crippen LogP contribution in [0.5, 0.6) is 0 Å². The molecule has 0 fully saturated rings. The van der Waals surface area contributed by atoms with Gasteiger partial charge in [-0.15, -0.1) is 0 Å². The first kappa shape index (κ1) is 15.1. The number of carbonyl (C=O) groups excluding carboxylic acids is 1. The summed E-state index contributed by atoms with van der Waals surface area (Å²) in [7, 11) is 0. The van der Waals surface area contributed by atoms with E-state index in [4.69, 9.17) is 0 Å². The van der Waals surface area contributed by atoms with Crippen LogP contribution >= 0.6 is 22.6 Å². The van der Waals surface area contributed by atoms with Crippen molar-refractivity contribution < 1.29 is 4.79 Å². The normalized spacial score (nSPS) is 11.8. The Morgan fingerprint density at radius 1 is 1.27 bits per heavy atom. The van der Waals surface area contributed by atoms with Crippen molar-refractivity contribution in [2.45, 2.75) is 20.8 Å². The van der Waals surface area contributed by atoms with Gasteiger partial charge in [-0.1, -0.05) is 32.9 Å². The fourth-order valence-electron chi connectivity index (χ4n) is 2.26. The predicted molar refractivity (Wildman–Crippen MR) is 95.8 cm³/mol. The summed E-state index contributed by atoms with van der Waals surface area (Å²) in [5.41, 5.74) is 3.19. The Hall–Kier alpha value is -1.76. The lowest BCUT2D eigenvalue weighted by atomic mass is 9.87. The lowest BCUT2D eigenvalue weighted by Gasteiger charge is -2.15. The van der Waals surface area contributed by atoms with Gasteiger partial charge in [0.15, 0.2) is 11.4 Å². The fourth-order valence-corrected chi connectivity index (χ4v) is 2.80. The molecule has 0 aliphatic carbocycles. The monoisotopic (exact) mass is 405 g/mol. The Kier molecular flexibility index (Phi) is 3.76. The average molecular weight is 405 g/mol. The largest absolute Gasteiger partial charge is 0.344 e. The summed E-state index contributed by atoms with van der Waals surface area (Å²) in [4.78, 5) is 24.7. The molecule has 3 aromatic rings. The maximum Gasteiger partial charge on any atom is 0.171 e. The summed E-state index contributed by atoms with van der Waals surface area (Å²) >= 11 is 2.27. The molecule has 0 amide bonds. The zero-order valence-corrected chi connectivity index (χ0v) is 14.8. The van der Waals surface area contributed by atoms with E-state index >= 15 is 0 Å². The third-order valence-corrected chi connectivity index (χ3v) is 4.10. The second kappa shape index (κ2) is 5.46. The van der Waals surface area contributed by atoms with Crippen molar-refractivity contribution in [3.8, 4) is 11.3 Å². The van der Waals surface area contributed by atoms with Gasteiger partial charge in [0.05, 0.1) is 17.5 Å². The van der Waals surface area contributed by atoms with E-state index in [1.807, 2.05) is 45.0 Å². The number of ketones is 1. The quantitative estimate of drug-likeness (QED) is 0.506. The molecule has 0 radical (unpaired) electrons. The molecular formula is C17H16IN3O. The topological polar surface area (TPSA) is 58.6 Å². The van der Waals surface area contributed by atoms with Crippen molar-refractivity contribution in [2.24, 2.45) is 5.41 Å². The standard InChI is InChI=1S/C17H16IN3O/c1-17(2,3)15(22)12-8-19-16-14(12)21-13(9-20-16)10-5-4-6-11(18)7-10/h4-9H,1-3H3,(H,19,20). The minimum absolute atomic E-state index is 0.0628. The number of nitrogens with zero attached hydrogens (tertiary/aromatic N) is 2. The van der Waals surface area contributed by atoms with Crippen LogP contribution in [0.25, 0.3) is 22.4 Å². The van der Waals surface area contributed by atoms with Crippen LogP contribution in [0.3, 0.4) is 0 Å². The summed E-state index contributed by atoms with van der Waals surface area (Å²) < 4.78 is 1.14. The van der Waals surface area contributed by atoms with Crippen LogP contribution in [-0.2, 0) is 0 Å². The molecule has 2 heterocycles. The third-order valence-electron chi connectivity index (χ3n) is 3.43. The number of aromatic amines is 1. The molecular weight excluding hydrogens is 389 g/mol. The molecule has 0 spiro atoms. The van der Waals surface area contributed by atoms with Gasteiger partial charge in [0.1, 0.15) is 5.52 Å². The second-order valence-corrected chi connectivity index (χ2v) is 7.49. The first-order valence-corrected chi connectivity index (χ1v) is 8.09. The van der Waals surface area contributed by atoms with Gasteiger partial charge in [-0.05, 0) is 34.7 Å². The van der Waals surface area contributed by atoms with Crippen LogP contribution in [0, 0.1) is 8.99 Å². The van der Waals surface area contributed by atoms with Crippen LogP contribution in [0.4, 0.5) is 0 Å². The van der Waals surface area contributed by atoms with E-state index in [9.17, 15) is 4.79 Å². The molecule has 0 aliphatic rings. The van der Waals surface area contributed by atoms with Crippen molar-refractivity contribution in [2.75, 3.05) is 0 Å². The van der Waals surface area contributed by atoms with Gasteiger partial charge in [0.2, 0.25) is 0 Å². The number of Topliss-reactive ketones (excluding diaryl/α,β-unsaturated/α-hetero) is 1. The number of hydrogen-bond acceptors (Lipinski definition) is 3. The molecule has 22 heavy (non-hydrogen) atoms. The van der Waals surface area contributed by atoms with Crippen molar-refractivity contribution in [1.29, 1.82) is 0 Å². The summed E-state index contributed by atoms with van der Waals surface area (Å²) in [6, 6.07) is 8.06. The SMILES string of the molecule is CC(C)(C)C(=O)c1c[nH]c2ncc(-c3cccc(I)c3)nc12. The van der Waals surface area contributed by atoms with Crippen molar-refractivity contribution >= 4 is 39.5 Å². The minimum Gasteiger partial charge on any atom is -0.344 e. The van der Waals surface area contributed by atoms with Gasteiger partial charge >= 0.3 is 0 Å². The van der Waals surface area contributed by atoms with Gasteiger partial charge in [0, 0.05) is 20.7 Å². The highest BCUT2D eigenvalue weighted by molar-refractivity contribution is 14.1. The Balaban J connectivity index is 2.15. The molecule has 0 unspecified atom stereocenters. The highest BCUT2D eigenvalue weighted by Crippen LogP contribution is 2.27. The van der Waals surface area contributed by atoms with Crippen molar-refractivity contribution in [1.82, 2.24) is 15.0 Å². The number of aromatic nitrogens is 3. The summed E-state index contributed by atoms with van der Waals surface area (Å²) in [5, 5.41) is 0. The number of hydrogen-bond donors (Lipinski definition) is 1. The van der Waals surface area contributed by atoms with Gasteiger partial charge in [-0.25, -0.2) is 9.97 Å². The van der Waals surface area contributed by atoms with Gasteiger partial charge in [-0.3, -0.25) is 4.79 Å². The van der Waals surface area contributed by atoms with Crippen LogP contribution < -0.4 is 0 Å². The van der Waals surface area contributed by atoms with Crippen LogP contribution in [-0.4, -0.2) is 20.7 Å². The molecule has 0 saturated heterocycles. The molecule has 0 saturated carbocycles. The number of benzene rings is 1. The number of halogens is 1. The first-order chi connectivity index (χ1) is 10.4. The molecule has 0 aliphatic heterocycles. The van der Waals surface area contributed by atoms with E-state index in [0.717, 1.165) is 14.8 Å². The molecule has 1 N–H and O–H groups in total. The zero-order chi connectivity index (χ0) is 15.9. The average Bonchev–Trinajstić information content (AvgIpc) is 2.88. The van der Waals surface area contributed by atoms with E-state index in [1.165, 1.54) is 0 Å². The number of rotatable bonds is 2. The number of carbonyl (C=O) groups is 1. The lowest BCUT2D eigenvalue weighted by Crippen LogP contribution is -2.20. The fraction of sp³-hybridized carbons (Fsp3) is 0.235. The molecule has 3 rings (SSSR count). The van der Waals surface area contributed by atoms with E-state index in [1.54, 1.807) is 12.4 Å². The molecule has 112 valence electrons. The van der Waals surface area contributed by atoms with E-state index in [0.29, 0.717) is 16.7 Å². The minimum atomic E-state index is -0.449. The van der Waals surface area contributed by atoms with Crippen molar-refractivity contribution in [3.63, 3.8) is 0 Å². The molecule has 2 aromatic heterocycles. The number of H-pyrrole nitrogens is 1. The highest BCUT2D eigenvalue weighted by Gasteiger charge is 2.26. The van der Waals surface area contributed by atoms with E-state index < -0.39 is 5.41 Å². The second-order valence-electron chi connectivity index (χ2n) is 6.24. The number of nitrogens with one attached hydrogen (secondary N) is 1. The maximum absolute atomic E-state index is 12.6. The predicted octanol–water partition coefficient (Wildman–Crippen LogP) is 4.46. The van der Waals surface area contributed by atoms with Crippen LogP contribution in [0.2, 0.25) is 0 Å². The summed E-state index contributed by atoms with van der Waals surface area (Å²) in [6.07, 6.45) is 3.44. The van der Waals surface area contributed by atoms with Gasteiger partial charge in [-0.2, -0.15) is 0 Å². The maximum atomic E-state index is 12.6. The molecule has 1 aromatic carbocycles. The Labute approximate surface area is 142 Å². The van der Waals surface area contributed by atoms with Crippen LogP contribution in [0.15, 0.2) is 36.7 Å². The highest BCUT2D eigenvalue weighted by atomic mass is 127. The smallest absolute Gasteiger partial charge is 0.171 e. The summed E-state index contributed by atoms with van der Waals surface area (Å²) in [6.45, 7) is 5.72. The Bertz CT molecular complexity index is 862. The van der Waals surface area contributed by atoms with Crippen molar-refractivity contribution in [3.05, 3.63) is 45.8 Å². The summed E-state index contributed by atoms with van der Waals surface area (Å²) in [5.74, 6) is 0.0628. The zero-order valence-electron chi connectivity index (χ0n) is 12.6. The number of fused-ring (bicyclic) bond motifs is 1. The third kappa shape index (κ3) is 2.77. The molecule has 4 nitrogen and oxygen atoms in total. The molecule has 5 heteroatoms. The Morgan fingerprint density at radius 2 is 2.05 bits per heavy atom. The Morgan fingerprint density at radius 3 is 2.73 bits per heavy atom. The molecule has 0 bridgehead atoms. The van der Waals surface area contributed by atoms with E-state index in [2.05, 4.69) is 37.5 Å². The lowest BCUT2D eigenvalue weighted by molar-refractivity contribution is 0.0860. The van der Waals surface area contributed by atoms with Crippen LogP contribution in [0.1, 0.15) is 31.1 Å². The first-order valence-electron chi connectivity index (χ1n) is 7.01. The molecule has 0 atom stereocenters. The van der Waals surface area contributed by atoms with Gasteiger partial charge < -0.3 is 4.98 Å².